The van der Waals surface area contributed by atoms with Crippen molar-refractivity contribution in [3.63, 3.8) is 0 Å². The summed E-state index contributed by atoms with van der Waals surface area (Å²) in [5.74, 6) is -0.499. The molecule has 0 bridgehead atoms. The van der Waals surface area contributed by atoms with Gasteiger partial charge in [0.05, 0.1) is 5.75 Å². The van der Waals surface area contributed by atoms with Crippen LogP contribution in [0, 0.1) is 13.8 Å². The van der Waals surface area contributed by atoms with Crippen LogP contribution in [-0.4, -0.2) is 31.5 Å². The zero-order chi connectivity index (χ0) is 18.6. The van der Waals surface area contributed by atoms with Crippen molar-refractivity contribution in [3.8, 4) is 0 Å². The molecule has 5 heteroatoms. The van der Waals surface area contributed by atoms with Crippen LogP contribution in [-0.2, 0) is 26.9 Å². The standard InChI is InChI=1S/C20H25NO3S/c1-15-10-11-16(2)19(12-15)14-25(23,24)17(3)20(22)21(4)13-18-8-6-5-7-9-18/h5-12,17H,13-14H2,1-4H3. The van der Waals surface area contributed by atoms with Crippen molar-refractivity contribution in [2.45, 2.75) is 38.3 Å². The van der Waals surface area contributed by atoms with E-state index in [9.17, 15) is 13.2 Å². The summed E-state index contributed by atoms with van der Waals surface area (Å²) in [7, 11) is -1.94. The van der Waals surface area contributed by atoms with Gasteiger partial charge in [-0.2, -0.15) is 0 Å². The van der Waals surface area contributed by atoms with E-state index in [1.165, 1.54) is 11.8 Å². The number of carbonyl (C=O) groups excluding carboxylic acids is 1. The Morgan fingerprint density at radius 3 is 2.36 bits per heavy atom. The van der Waals surface area contributed by atoms with Crippen LogP contribution in [0.2, 0.25) is 0 Å². The molecular weight excluding hydrogens is 334 g/mol. The first kappa shape index (κ1) is 19.2. The lowest BCUT2D eigenvalue weighted by molar-refractivity contribution is -0.129. The molecule has 0 spiro atoms. The molecule has 0 heterocycles. The van der Waals surface area contributed by atoms with Gasteiger partial charge in [0.25, 0.3) is 0 Å². The van der Waals surface area contributed by atoms with Gasteiger partial charge in [-0.3, -0.25) is 4.79 Å². The number of aryl methyl sites for hydroxylation is 2. The third-order valence-corrected chi connectivity index (χ3v) is 6.38. The average Bonchev–Trinajstić information content (AvgIpc) is 2.57. The predicted molar refractivity (Wildman–Crippen MR) is 101 cm³/mol. The van der Waals surface area contributed by atoms with Gasteiger partial charge >= 0.3 is 0 Å². The van der Waals surface area contributed by atoms with E-state index in [1.54, 1.807) is 7.05 Å². The molecule has 25 heavy (non-hydrogen) atoms. The molecule has 2 rings (SSSR count). The Bertz CT molecular complexity index is 844. The van der Waals surface area contributed by atoms with E-state index in [2.05, 4.69) is 0 Å². The first-order valence-corrected chi connectivity index (χ1v) is 9.99. The maximum atomic E-state index is 12.7. The third-order valence-electron chi connectivity index (χ3n) is 4.39. The Morgan fingerprint density at radius 1 is 1.08 bits per heavy atom. The molecule has 0 aliphatic rings. The highest BCUT2D eigenvalue weighted by Crippen LogP contribution is 2.18. The van der Waals surface area contributed by atoms with Crippen molar-refractivity contribution in [3.05, 3.63) is 70.8 Å². The summed E-state index contributed by atoms with van der Waals surface area (Å²) in [6, 6.07) is 15.3. The number of sulfone groups is 1. The van der Waals surface area contributed by atoms with Gasteiger partial charge in [-0.25, -0.2) is 8.42 Å². The van der Waals surface area contributed by atoms with Crippen LogP contribution in [0.25, 0.3) is 0 Å². The minimum Gasteiger partial charge on any atom is -0.340 e. The molecular formula is C20H25NO3S. The second-order valence-electron chi connectivity index (χ2n) is 6.56. The number of hydrogen-bond acceptors (Lipinski definition) is 3. The molecule has 0 aromatic heterocycles. The van der Waals surface area contributed by atoms with Crippen molar-refractivity contribution in [1.29, 1.82) is 0 Å². The Labute approximate surface area is 150 Å². The van der Waals surface area contributed by atoms with E-state index in [4.69, 9.17) is 0 Å². The van der Waals surface area contributed by atoms with Crippen LogP contribution in [0.5, 0.6) is 0 Å². The molecule has 0 radical (unpaired) electrons. The van der Waals surface area contributed by atoms with Gasteiger partial charge in [0.15, 0.2) is 9.84 Å². The molecule has 1 atom stereocenters. The fourth-order valence-corrected chi connectivity index (χ4v) is 4.18. The Kier molecular flexibility index (Phi) is 6.01. The van der Waals surface area contributed by atoms with Crippen molar-refractivity contribution in [2.24, 2.45) is 0 Å². The van der Waals surface area contributed by atoms with Crippen molar-refractivity contribution in [1.82, 2.24) is 4.90 Å². The highest BCUT2D eigenvalue weighted by atomic mass is 32.2. The number of rotatable bonds is 6. The zero-order valence-corrected chi connectivity index (χ0v) is 16.0. The number of hydrogen-bond donors (Lipinski definition) is 0. The van der Waals surface area contributed by atoms with Crippen LogP contribution < -0.4 is 0 Å². The first-order valence-electron chi connectivity index (χ1n) is 8.27. The molecule has 1 unspecified atom stereocenters. The highest BCUT2D eigenvalue weighted by Gasteiger charge is 2.30. The van der Waals surface area contributed by atoms with Crippen molar-refractivity contribution >= 4 is 15.7 Å². The fraction of sp³-hybridized carbons (Fsp3) is 0.350. The van der Waals surface area contributed by atoms with E-state index in [-0.39, 0.29) is 11.7 Å². The molecule has 2 aromatic rings. The van der Waals surface area contributed by atoms with Crippen LogP contribution in [0.15, 0.2) is 48.5 Å². The van der Waals surface area contributed by atoms with E-state index >= 15 is 0 Å². The van der Waals surface area contributed by atoms with Crippen LogP contribution in [0.1, 0.15) is 29.2 Å². The lowest BCUT2D eigenvalue weighted by atomic mass is 10.1. The highest BCUT2D eigenvalue weighted by molar-refractivity contribution is 7.92. The molecule has 0 N–H and O–H groups in total. The summed E-state index contributed by atoms with van der Waals surface area (Å²) in [6.45, 7) is 5.68. The maximum absolute atomic E-state index is 12.7. The van der Waals surface area contributed by atoms with E-state index in [0.717, 1.165) is 22.3 Å². The lowest BCUT2D eigenvalue weighted by Gasteiger charge is -2.22. The van der Waals surface area contributed by atoms with E-state index in [1.807, 2.05) is 62.4 Å². The average molecular weight is 359 g/mol. The van der Waals surface area contributed by atoms with Gasteiger partial charge < -0.3 is 4.90 Å². The monoisotopic (exact) mass is 359 g/mol. The normalized spacial score (nSPS) is 12.6. The number of nitrogens with zero attached hydrogens (tertiary/aromatic N) is 1. The topological polar surface area (TPSA) is 54.5 Å². The number of carbonyl (C=O) groups is 1. The third kappa shape index (κ3) is 4.92. The van der Waals surface area contributed by atoms with Gasteiger partial charge in [-0.1, -0.05) is 54.1 Å². The van der Waals surface area contributed by atoms with Gasteiger partial charge in [-0.05, 0) is 37.5 Å². The number of amides is 1. The summed E-state index contributed by atoms with van der Waals surface area (Å²) in [4.78, 5) is 14.1. The van der Waals surface area contributed by atoms with Gasteiger partial charge in [0, 0.05) is 13.6 Å². The van der Waals surface area contributed by atoms with Gasteiger partial charge in [-0.15, -0.1) is 0 Å². The van der Waals surface area contributed by atoms with Crippen LogP contribution in [0.4, 0.5) is 0 Å². The SMILES string of the molecule is Cc1ccc(C)c(CS(=O)(=O)C(C)C(=O)N(C)Cc2ccccc2)c1. The minimum absolute atomic E-state index is 0.118. The smallest absolute Gasteiger partial charge is 0.240 e. The second-order valence-corrected chi connectivity index (χ2v) is 8.88. The van der Waals surface area contributed by atoms with E-state index < -0.39 is 15.1 Å². The maximum Gasteiger partial charge on any atom is 0.240 e. The molecule has 134 valence electrons. The molecule has 0 fully saturated rings. The molecule has 0 aliphatic carbocycles. The summed E-state index contributed by atoms with van der Waals surface area (Å²) in [6.07, 6.45) is 0. The Balaban J connectivity index is 2.12. The Hall–Kier alpha value is -2.14. The summed E-state index contributed by atoms with van der Waals surface area (Å²) in [5.41, 5.74) is 3.66. The number of benzene rings is 2. The molecule has 0 aliphatic heterocycles. The Morgan fingerprint density at radius 2 is 1.72 bits per heavy atom. The molecule has 2 aromatic carbocycles. The summed E-state index contributed by atoms with van der Waals surface area (Å²) in [5, 5.41) is -1.07. The van der Waals surface area contributed by atoms with Crippen LogP contribution >= 0.6 is 0 Å². The molecule has 1 amide bonds. The van der Waals surface area contributed by atoms with Crippen molar-refractivity contribution in [2.75, 3.05) is 7.05 Å². The molecule has 0 saturated carbocycles. The fourth-order valence-electron chi connectivity index (χ4n) is 2.70. The largest absolute Gasteiger partial charge is 0.340 e. The van der Waals surface area contributed by atoms with Gasteiger partial charge in [0.1, 0.15) is 5.25 Å². The van der Waals surface area contributed by atoms with Crippen LogP contribution in [0.3, 0.4) is 0 Å². The van der Waals surface area contributed by atoms with Gasteiger partial charge in [0.2, 0.25) is 5.91 Å². The predicted octanol–water partition coefficient (Wildman–Crippen LogP) is 3.27. The molecule has 4 nitrogen and oxygen atoms in total. The second kappa shape index (κ2) is 7.83. The minimum atomic E-state index is -3.58. The van der Waals surface area contributed by atoms with Crippen molar-refractivity contribution < 1.29 is 13.2 Å². The summed E-state index contributed by atoms with van der Waals surface area (Å²) >= 11 is 0. The molecule has 0 saturated heterocycles. The zero-order valence-electron chi connectivity index (χ0n) is 15.2. The lowest BCUT2D eigenvalue weighted by Crippen LogP contribution is -2.39. The summed E-state index contributed by atoms with van der Waals surface area (Å²) < 4.78 is 25.4. The first-order chi connectivity index (χ1) is 11.7. The quantitative estimate of drug-likeness (QED) is 0.795. The van der Waals surface area contributed by atoms with E-state index in [0.29, 0.717) is 6.54 Å².